The number of para-hydroxylation sites is 1. The molecular formula is C30H28F4N4O3S. The van der Waals surface area contributed by atoms with Crippen LogP contribution in [0.5, 0.6) is 11.6 Å². The minimum atomic E-state index is -4.68. The summed E-state index contributed by atoms with van der Waals surface area (Å²) in [6.45, 7) is 3.91. The average Bonchev–Trinajstić information content (AvgIpc) is 3.34. The molecule has 1 saturated heterocycles. The summed E-state index contributed by atoms with van der Waals surface area (Å²) in [7, 11) is 0. The standard InChI is InChI=1S/C26H25F4N3O.C4H3NO2S/c27-24-8-6-17(10-23(24)26(28,29)30)11-31-13-20-21-15-33(16-22(20)21)14-18-7-9-25(32-12-18)34-19-4-2-1-3-5-19;6-4(7)3-1-8-2-5-3/h1-10,12,20-22,31H,11,13-16H2;1-2H,(H,6,7). The van der Waals surface area contributed by atoms with Gasteiger partial charge < -0.3 is 15.2 Å². The monoisotopic (exact) mass is 600 g/mol. The van der Waals surface area contributed by atoms with Gasteiger partial charge in [-0.05, 0) is 59.7 Å². The van der Waals surface area contributed by atoms with Crippen LogP contribution in [0.4, 0.5) is 17.6 Å². The van der Waals surface area contributed by atoms with E-state index in [-0.39, 0.29) is 5.69 Å². The third-order valence-corrected chi connectivity index (χ3v) is 7.90. The van der Waals surface area contributed by atoms with E-state index in [0.29, 0.717) is 35.7 Å². The number of alkyl halides is 3. The van der Waals surface area contributed by atoms with Gasteiger partial charge in [0.2, 0.25) is 5.88 Å². The maximum Gasteiger partial charge on any atom is 0.419 e. The Morgan fingerprint density at radius 1 is 1.05 bits per heavy atom. The molecule has 2 N–H and O–H groups in total. The number of carbonyl (C=O) groups is 1. The Hall–Kier alpha value is -3.87. The molecule has 2 aromatic carbocycles. The molecule has 2 aliphatic rings. The third-order valence-electron chi connectivity index (χ3n) is 7.31. The van der Waals surface area contributed by atoms with Gasteiger partial charge in [-0.2, -0.15) is 13.2 Å². The fraction of sp³-hybridized carbons (Fsp3) is 0.300. The number of likely N-dealkylation sites (tertiary alicyclic amines) is 1. The number of aromatic carboxylic acids is 1. The number of hydrogen-bond acceptors (Lipinski definition) is 7. The molecule has 0 radical (unpaired) electrons. The minimum Gasteiger partial charge on any atom is -0.476 e. The second-order valence-corrected chi connectivity index (χ2v) is 10.9. The van der Waals surface area contributed by atoms with Gasteiger partial charge in [0.25, 0.3) is 0 Å². The fourth-order valence-corrected chi connectivity index (χ4v) is 5.73. The van der Waals surface area contributed by atoms with Gasteiger partial charge in [0.05, 0.1) is 11.1 Å². The van der Waals surface area contributed by atoms with Gasteiger partial charge in [0.15, 0.2) is 5.69 Å². The molecule has 42 heavy (non-hydrogen) atoms. The average molecular weight is 601 g/mol. The number of benzene rings is 2. The molecule has 1 aliphatic carbocycles. The van der Waals surface area contributed by atoms with E-state index in [0.717, 1.165) is 49.6 Å². The minimum absolute atomic E-state index is 0.120. The highest BCUT2D eigenvalue weighted by molar-refractivity contribution is 7.07. The predicted molar refractivity (Wildman–Crippen MR) is 149 cm³/mol. The summed E-state index contributed by atoms with van der Waals surface area (Å²) < 4.78 is 57.8. The van der Waals surface area contributed by atoms with Crippen molar-refractivity contribution in [2.45, 2.75) is 19.3 Å². The van der Waals surface area contributed by atoms with Crippen molar-refractivity contribution in [2.75, 3.05) is 19.6 Å². The molecule has 2 atom stereocenters. The van der Waals surface area contributed by atoms with E-state index in [1.54, 1.807) is 0 Å². The smallest absolute Gasteiger partial charge is 0.419 e. The lowest BCUT2D eigenvalue weighted by atomic mass is 10.1. The van der Waals surface area contributed by atoms with E-state index in [4.69, 9.17) is 9.84 Å². The molecule has 12 heteroatoms. The van der Waals surface area contributed by atoms with Crippen LogP contribution in [-0.2, 0) is 19.3 Å². The van der Waals surface area contributed by atoms with Crippen molar-refractivity contribution in [1.29, 1.82) is 0 Å². The van der Waals surface area contributed by atoms with E-state index in [9.17, 15) is 22.4 Å². The number of hydrogen-bond donors (Lipinski definition) is 2. The first-order valence-electron chi connectivity index (χ1n) is 13.3. The van der Waals surface area contributed by atoms with Crippen LogP contribution >= 0.6 is 11.3 Å². The number of nitrogens with zero attached hydrogens (tertiary/aromatic N) is 3. The zero-order valence-electron chi connectivity index (χ0n) is 22.3. The van der Waals surface area contributed by atoms with Crippen LogP contribution in [0.25, 0.3) is 0 Å². The second kappa shape index (κ2) is 13.0. The molecule has 7 nitrogen and oxygen atoms in total. The molecule has 3 heterocycles. The van der Waals surface area contributed by atoms with Crippen molar-refractivity contribution in [2.24, 2.45) is 17.8 Å². The Labute approximate surface area is 243 Å². The van der Waals surface area contributed by atoms with Crippen LogP contribution in [-0.4, -0.2) is 45.6 Å². The van der Waals surface area contributed by atoms with Gasteiger partial charge in [-0.3, -0.25) is 4.90 Å². The summed E-state index contributed by atoms with van der Waals surface area (Å²) in [6, 6.07) is 16.6. The summed E-state index contributed by atoms with van der Waals surface area (Å²) in [6.07, 6.45) is -2.83. The first-order chi connectivity index (χ1) is 20.2. The predicted octanol–water partition coefficient (Wildman–Crippen LogP) is 6.34. The molecule has 0 bridgehead atoms. The van der Waals surface area contributed by atoms with Crippen molar-refractivity contribution < 1.29 is 32.2 Å². The number of piperidine rings is 1. The van der Waals surface area contributed by atoms with E-state index >= 15 is 0 Å². The molecule has 6 rings (SSSR count). The van der Waals surface area contributed by atoms with E-state index < -0.39 is 23.5 Å². The molecule has 220 valence electrons. The fourth-order valence-electron chi connectivity index (χ4n) is 5.20. The van der Waals surface area contributed by atoms with Crippen LogP contribution in [0.3, 0.4) is 0 Å². The summed E-state index contributed by atoms with van der Waals surface area (Å²) in [5.74, 6) is 0.878. The van der Waals surface area contributed by atoms with E-state index in [1.165, 1.54) is 28.3 Å². The molecule has 0 amide bonds. The zero-order chi connectivity index (χ0) is 29.7. The van der Waals surface area contributed by atoms with Gasteiger partial charge in [-0.1, -0.05) is 30.3 Å². The number of fused-ring (bicyclic) bond motifs is 1. The number of carboxylic acids is 1. The van der Waals surface area contributed by atoms with Crippen LogP contribution < -0.4 is 10.1 Å². The van der Waals surface area contributed by atoms with Crippen LogP contribution in [0, 0.1) is 23.6 Å². The third kappa shape index (κ3) is 7.69. The molecule has 1 saturated carbocycles. The Balaban J connectivity index is 0.000000382. The molecule has 2 aromatic heterocycles. The largest absolute Gasteiger partial charge is 0.476 e. The maximum atomic E-state index is 13.4. The summed E-state index contributed by atoms with van der Waals surface area (Å²) in [5, 5.41) is 13.0. The lowest BCUT2D eigenvalue weighted by Gasteiger charge is -2.19. The Morgan fingerprint density at radius 2 is 1.79 bits per heavy atom. The number of ether oxygens (including phenoxy) is 1. The Kier molecular flexibility index (Phi) is 9.15. The van der Waals surface area contributed by atoms with Crippen LogP contribution in [0.15, 0.2) is 77.8 Å². The lowest BCUT2D eigenvalue weighted by Crippen LogP contribution is -2.27. The molecule has 4 aromatic rings. The Morgan fingerprint density at radius 3 is 2.38 bits per heavy atom. The maximum absolute atomic E-state index is 13.4. The van der Waals surface area contributed by atoms with Crippen molar-refractivity contribution in [3.63, 3.8) is 0 Å². The highest BCUT2D eigenvalue weighted by Gasteiger charge is 2.54. The van der Waals surface area contributed by atoms with Gasteiger partial charge in [0, 0.05) is 43.8 Å². The highest BCUT2D eigenvalue weighted by atomic mass is 32.1. The number of pyridine rings is 1. The molecule has 2 unspecified atom stereocenters. The number of thiazole rings is 1. The van der Waals surface area contributed by atoms with Gasteiger partial charge in [-0.25, -0.2) is 19.2 Å². The lowest BCUT2D eigenvalue weighted by molar-refractivity contribution is -0.140. The second-order valence-electron chi connectivity index (χ2n) is 10.2. The van der Waals surface area contributed by atoms with Crippen LogP contribution in [0.1, 0.15) is 27.2 Å². The highest BCUT2D eigenvalue weighted by Crippen LogP contribution is 2.51. The van der Waals surface area contributed by atoms with Crippen molar-refractivity contribution in [1.82, 2.24) is 20.2 Å². The van der Waals surface area contributed by atoms with Gasteiger partial charge in [0.1, 0.15) is 11.6 Å². The number of rotatable bonds is 9. The summed E-state index contributed by atoms with van der Waals surface area (Å²) in [4.78, 5) is 20.4. The van der Waals surface area contributed by atoms with Crippen molar-refractivity contribution in [3.8, 4) is 11.6 Å². The SMILES string of the molecule is Fc1ccc(CNCC2C3CN(Cc4ccc(Oc5ccccc5)nc4)CC23)cc1C(F)(F)F.O=C(O)c1cscn1. The van der Waals surface area contributed by atoms with E-state index in [2.05, 4.69) is 20.2 Å². The molecule has 1 aliphatic heterocycles. The Bertz CT molecular complexity index is 1460. The van der Waals surface area contributed by atoms with Crippen molar-refractivity contribution >= 4 is 17.3 Å². The quantitative estimate of drug-likeness (QED) is 0.217. The molecular weight excluding hydrogens is 572 g/mol. The molecule has 2 fully saturated rings. The summed E-state index contributed by atoms with van der Waals surface area (Å²) >= 11 is 1.28. The first-order valence-corrected chi connectivity index (χ1v) is 14.2. The number of halogens is 4. The van der Waals surface area contributed by atoms with Crippen molar-refractivity contribution in [3.05, 3.63) is 106 Å². The van der Waals surface area contributed by atoms with Crippen LogP contribution in [0.2, 0.25) is 0 Å². The number of aromatic nitrogens is 2. The normalized spacial score (nSPS) is 19.5. The molecule has 0 spiro atoms. The van der Waals surface area contributed by atoms with Gasteiger partial charge >= 0.3 is 12.1 Å². The summed E-state index contributed by atoms with van der Waals surface area (Å²) in [5.41, 5.74) is 1.97. The zero-order valence-corrected chi connectivity index (χ0v) is 23.1. The number of carboxylic acid groups (broad SMARTS) is 1. The first kappa shape index (κ1) is 29.6. The number of nitrogens with one attached hydrogen (secondary N) is 1. The topological polar surface area (TPSA) is 87.6 Å². The van der Waals surface area contributed by atoms with Gasteiger partial charge in [-0.15, -0.1) is 11.3 Å². The van der Waals surface area contributed by atoms with E-state index in [1.807, 2.05) is 48.7 Å².